The van der Waals surface area contributed by atoms with Gasteiger partial charge in [0.25, 0.3) is 10.0 Å². The average molecular weight is 387 g/mol. The minimum absolute atomic E-state index is 0.263. The van der Waals surface area contributed by atoms with Crippen LogP contribution in [0, 0.1) is 0 Å². The van der Waals surface area contributed by atoms with Crippen molar-refractivity contribution in [3.8, 4) is 10.7 Å². The Morgan fingerprint density at radius 1 is 1.08 bits per heavy atom. The van der Waals surface area contributed by atoms with Gasteiger partial charge in [0.05, 0.1) is 16.1 Å². The second kappa shape index (κ2) is 6.33. The van der Waals surface area contributed by atoms with Gasteiger partial charge in [-0.1, -0.05) is 18.2 Å². The molecule has 2 heterocycles. The molecule has 7 heteroatoms. The van der Waals surface area contributed by atoms with E-state index in [2.05, 4.69) is 4.98 Å². The number of benzene rings is 2. The Morgan fingerprint density at radius 3 is 2.56 bits per heavy atom. The molecule has 4 rings (SSSR count). The maximum atomic E-state index is 13.3. The van der Waals surface area contributed by atoms with Gasteiger partial charge in [0.2, 0.25) is 0 Å². The van der Waals surface area contributed by atoms with Crippen molar-refractivity contribution in [2.45, 2.75) is 9.79 Å². The Balaban J connectivity index is 2.06. The molecule has 2 aromatic heterocycles. The van der Waals surface area contributed by atoms with Gasteiger partial charge in [-0.3, -0.25) is 0 Å². The zero-order chi connectivity index (χ0) is 17.4. The summed E-state index contributed by atoms with van der Waals surface area (Å²) in [4.78, 5) is 5.67. The highest BCUT2D eigenvalue weighted by atomic mass is 32.2. The Bertz CT molecular complexity index is 1130. The van der Waals surface area contributed by atoms with Crippen LogP contribution in [0.15, 0.2) is 76.0 Å². The summed E-state index contributed by atoms with van der Waals surface area (Å²) < 4.78 is 28.0. The van der Waals surface area contributed by atoms with Crippen LogP contribution >= 0.6 is 23.1 Å². The predicted molar refractivity (Wildman–Crippen MR) is 104 cm³/mol. The molecule has 0 amide bonds. The van der Waals surface area contributed by atoms with Crippen molar-refractivity contribution in [3.63, 3.8) is 0 Å². The molecule has 0 spiro atoms. The Hall–Kier alpha value is -2.09. The van der Waals surface area contributed by atoms with E-state index in [1.165, 1.54) is 15.3 Å². The summed E-state index contributed by atoms with van der Waals surface area (Å²) in [5.41, 5.74) is 1.25. The van der Waals surface area contributed by atoms with Crippen LogP contribution in [0.5, 0.6) is 0 Å². The van der Waals surface area contributed by atoms with Gasteiger partial charge in [0, 0.05) is 21.9 Å². The molecule has 0 bridgehead atoms. The molecule has 0 saturated carbocycles. The van der Waals surface area contributed by atoms with Crippen molar-refractivity contribution in [1.29, 1.82) is 0 Å². The molecule has 0 aliphatic rings. The lowest BCUT2D eigenvalue weighted by molar-refractivity contribution is 0.589. The summed E-state index contributed by atoms with van der Waals surface area (Å²) >= 11 is 3.05. The maximum absolute atomic E-state index is 13.3. The summed E-state index contributed by atoms with van der Waals surface area (Å²) in [5, 5.41) is 3.41. The van der Waals surface area contributed by atoms with E-state index in [1.807, 2.05) is 35.9 Å². The molecule has 126 valence electrons. The lowest BCUT2D eigenvalue weighted by atomic mass is 10.2. The van der Waals surface area contributed by atoms with Gasteiger partial charge in [-0.2, -0.15) is 0 Å². The monoisotopic (exact) mass is 386 g/mol. The van der Waals surface area contributed by atoms with Crippen LogP contribution < -0.4 is 0 Å². The molecular weight excluding hydrogens is 372 g/mol. The van der Waals surface area contributed by atoms with Crippen LogP contribution in [0.3, 0.4) is 0 Å². The zero-order valence-electron chi connectivity index (χ0n) is 13.3. The number of thioether (sulfide) groups is 1. The van der Waals surface area contributed by atoms with Gasteiger partial charge in [0.1, 0.15) is 5.01 Å². The number of thiazole rings is 1. The highest BCUT2D eigenvalue weighted by Gasteiger charge is 2.24. The fourth-order valence-electron chi connectivity index (χ4n) is 2.75. The molecule has 0 N–H and O–H groups in total. The van der Waals surface area contributed by atoms with Crippen molar-refractivity contribution >= 4 is 44.0 Å². The van der Waals surface area contributed by atoms with E-state index in [9.17, 15) is 8.42 Å². The molecule has 0 saturated heterocycles. The second-order valence-electron chi connectivity index (χ2n) is 5.37. The third kappa shape index (κ3) is 2.78. The summed E-state index contributed by atoms with van der Waals surface area (Å²) in [6.45, 7) is 0. The number of hydrogen-bond acceptors (Lipinski definition) is 5. The SMILES string of the molecule is CSc1ccc2c(c1)cc(-c1nccs1)n2S(=O)(=O)c1ccccc1. The molecule has 0 unspecified atom stereocenters. The Labute approximate surface area is 154 Å². The molecular formula is C18H14N2O2S3. The number of hydrogen-bond donors (Lipinski definition) is 0. The molecule has 2 aromatic carbocycles. The van der Waals surface area contributed by atoms with Gasteiger partial charge < -0.3 is 0 Å². The first-order valence-electron chi connectivity index (χ1n) is 7.51. The van der Waals surface area contributed by atoms with Crippen molar-refractivity contribution in [2.24, 2.45) is 0 Å². The summed E-state index contributed by atoms with van der Waals surface area (Å²) in [6, 6.07) is 16.2. The molecule has 0 atom stereocenters. The van der Waals surface area contributed by atoms with Crippen LogP contribution in [0.25, 0.3) is 21.6 Å². The number of rotatable bonds is 4. The van der Waals surface area contributed by atoms with Crippen molar-refractivity contribution in [3.05, 3.63) is 66.2 Å². The fourth-order valence-corrected chi connectivity index (χ4v) is 5.44. The van der Waals surface area contributed by atoms with Gasteiger partial charge in [-0.25, -0.2) is 17.4 Å². The van der Waals surface area contributed by atoms with E-state index >= 15 is 0 Å². The normalized spacial score (nSPS) is 11.9. The van der Waals surface area contributed by atoms with E-state index in [0.29, 0.717) is 16.2 Å². The second-order valence-corrected chi connectivity index (χ2v) is 8.93. The molecule has 0 radical (unpaired) electrons. The van der Waals surface area contributed by atoms with E-state index < -0.39 is 10.0 Å². The van der Waals surface area contributed by atoms with Crippen molar-refractivity contribution in [2.75, 3.05) is 6.26 Å². The largest absolute Gasteiger partial charge is 0.268 e. The van der Waals surface area contributed by atoms with Crippen LogP contribution in [0.1, 0.15) is 0 Å². The van der Waals surface area contributed by atoms with Gasteiger partial charge in [0.15, 0.2) is 0 Å². The molecule has 4 nitrogen and oxygen atoms in total. The first-order valence-corrected chi connectivity index (χ1v) is 11.1. The van der Waals surface area contributed by atoms with Crippen LogP contribution in [-0.4, -0.2) is 23.6 Å². The number of fused-ring (bicyclic) bond motifs is 1. The molecule has 0 fully saturated rings. The lowest BCUT2D eigenvalue weighted by Gasteiger charge is -2.11. The Kier molecular flexibility index (Phi) is 4.15. The van der Waals surface area contributed by atoms with E-state index in [1.54, 1.807) is 48.3 Å². The minimum Gasteiger partial charge on any atom is -0.243 e. The standard InChI is InChI=1S/C18H14N2O2S3/c1-23-14-7-8-16-13(11-14)12-17(18-19-9-10-24-18)20(16)25(21,22)15-5-3-2-4-6-15/h2-12H,1H3. The molecule has 0 aliphatic carbocycles. The zero-order valence-corrected chi connectivity index (χ0v) is 15.7. The molecule has 25 heavy (non-hydrogen) atoms. The summed E-state index contributed by atoms with van der Waals surface area (Å²) in [5.74, 6) is 0. The van der Waals surface area contributed by atoms with E-state index in [4.69, 9.17) is 0 Å². The predicted octanol–water partition coefficient (Wildman–Crippen LogP) is 4.72. The van der Waals surface area contributed by atoms with Gasteiger partial charge >= 0.3 is 0 Å². The topological polar surface area (TPSA) is 52.0 Å². The highest BCUT2D eigenvalue weighted by Crippen LogP contribution is 2.34. The van der Waals surface area contributed by atoms with Crippen LogP contribution in [0.2, 0.25) is 0 Å². The summed E-state index contributed by atoms with van der Waals surface area (Å²) in [7, 11) is -3.72. The third-order valence-electron chi connectivity index (χ3n) is 3.90. The number of aromatic nitrogens is 2. The van der Waals surface area contributed by atoms with E-state index in [-0.39, 0.29) is 4.90 Å². The Morgan fingerprint density at radius 2 is 1.88 bits per heavy atom. The van der Waals surface area contributed by atoms with Crippen LogP contribution in [0.4, 0.5) is 0 Å². The van der Waals surface area contributed by atoms with Crippen molar-refractivity contribution in [1.82, 2.24) is 8.96 Å². The van der Waals surface area contributed by atoms with Crippen molar-refractivity contribution < 1.29 is 8.42 Å². The van der Waals surface area contributed by atoms with Gasteiger partial charge in [-0.15, -0.1) is 23.1 Å². The average Bonchev–Trinajstić information content (AvgIpc) is 3.29. The van der Waals surface area contributed by atoms with Gasteiger partial charge in [-0.05, 0) is 42.7 Å². The smallest absolute Gasteiger partial charge is 0.243 e. The maximum Gasteiger partial charge on any atom is 0.268 e. The minimum atomic E-state index is -3.72. The number of nitrogens with zero attached hydrogens (tertiary/aromatic N) is 2. The third-order valence-corrected chi connectivity index (χ3v) is 7.16. The first-order chi connectivity index (χ1) is 12.1. The molecule has 4 aromatic rings. The first kappa shape index (κ1) is 16.4. The van der Waals surface area contributed by atoms with Crippen LogP contribution in [-0.2, 0) is 10.0 Å². The fraction of sp³-hybridized carbons (Fsp3) is 0.0556. The van der Waals surface area contributed by atoms with E-state index in [0.717, 1.165) is 10.3 Å². The lowest BCUT2D eigenvalue weighted by Crippen LogP contribution is -2.13. The quantitative estimate of drug-likeness (QED) is 0.476. The molecule has 0 aliphatic heterocycles. The summed E-state index contributed by atoms with van der Waals surface area (Å²) in [6.07, 6.45) is 3.69. The highest BCUT2D eigenvalue weighted by molar-refractivity contribution is 7.98.